The number of carbonyl (C=O) groups is 1. The van der Waals surface area contributed by atoms with Crippen molar-refractivity contribution in [1.29, 1.82) is 0 Å². The van der Waals surface area contributed by atoms with Crippen molar-refractivity contribution in [1.82, 2.24) is 19.7 Å². The minimum absolute atomic E-state index is 0.0255. The van der Waals surface area contributed by atoms with Crippen LogP contribution in [0.3, 0.4) is 0 Å². The Hall–Kier alpha value is -3.67. The Balaban J connectivity index is 1.51. The molecular weight excluding hydrogens is 364 g/mol. The molecule has 1 aliphatic rings. The zero-order chi connectivity index (χ0) is 19.6. The van der Waals surface area contributed by atoms with Gasteiger partial charge in [-0.15, -0.1) is 0 Å². The lowest BCUT2D eigenvalue weighted by Gasteiger charge is -2.17. The van der Waals surface area contributed by atoms with Gasteiger partial charge < -0.3 is 14.5 Å². The lowest BCUT2D eigenvalue weighted by atomic mass is 9.91. The Morgan fingerprint density at radius 1 is 1.10 bits per heavy atom. The van der Waals surface area contributed by atoms with Crippen LogP contribution >= 0.6 is 0 Å². The van der Waals surface area contributed by atoms with Gasteiger partial charge in [0.1, 0.15) is 18.0 Å². The fourth-order valence-corrected chi connectivity index (χ4v) is 3.84. The molecule has 0 bridgehead atoms. The van der Waals surface area contributed by atoms with Gasteiger partial charge in [0.05, 0.1) is 23.6 Å². The smallest absolute Gasteiger partial charge is 0.221 e. The average molecular weight is 384 g/mol. The summed E-state index contributed by atoms with van der Waals surface area (Å²) in [6.45, 7) is 0.846. The van der Waals surface area contributed by atoms with Crippen LogP contribution in [0.2, 0.25) is 0 Å². The van der Waals surface area contributed by atoms with Gasteiger partial charge in [-0.2, -0.15) is 0 Å². The first-order valence-corrected chi connectivity index (χ1v) is 9.63. The van der Waals surface area contributed by atoms with Gasteiger partial charge in [-0.05, 0) is 42.0 Å². The lowest BCUT2D eigenvalue weighted by molar-refractivity contribution is -0.121. The number of carbonyl (C=O) groups excluding carboxylic acids is 1. The number of hydrogen-bond donors (Lipinski definition) is 1. The zero-order valence-electron chi connectivity index (χ0n) is 15.8. The van der Waals surface area contributed by atoms with E-state index in [2.05, 4.69) is 14.7 Å². The number of nitrogens with one attached hydrogen (secondary N) is 1. The maximum atomic E-state index is 12.4. The first-order chi connectivity index (χ1) is 14.3. The number of ether oxygens (including phenoxy) is 1. The standard InChI is InChI=1S/C23H20N4O2/c28-22-13-19(23-20(14-25-22)26-21-9-2-4-11-27(21)23)16-6-5-8-18(12-16)29-15-17-7-1-3-10-24-17/h1-12,19H,13-15H2,(H,25,28). The number of benzene rings is 1. The Kier molecular flexibility index (Phi) is 4.44. The molecule has 5 rings (SSSR count). The maximum absolute atomic E-state index is 12.4. The summed E-state index contributed by atoms with van der Waals surface area (Å²) in [5.41, 5.74) is 4.76. The van der Waals surface area contributed by atoms with Gasteiger partial charge in [-0.25, -0.2) is 4.98 Å². The highest BCUT2D eigenvalue weighted by molar-refractivity contribution is 5.78. The van der Waals surface area contributed by atoms with Gasteiger partial charge in [0.2, 0.25) is 5.91 Å². The molecule has 0 saturated carbocycles. The van der Waals surface area contributed by atoms with E-state index in [1.807, 2.05) is 66.9 Å². The van der Waals surface area contributed by atoms with Gasteiger partial charge in [-0.3, -0.25) is 9.78 Å². The molecule has 1 aliphatic heterocycles. The van der Waals surface area contributed by atoms with Crippen LogP contribution in [0.25, 0.3) is 5.65 Å². The van der Waals surface area contributed by atoms with Crippen molar-refractivity contribution in [2.45, 2.75) is 25.5 Å². The molecule has 4 aromatic rings. The summed E-state index contributed by atoms with van der Waals surface area (Å²) >= 11 is 0. The fraction of sp³-hybridized carbons (Fsp3) is 0.174. The number of pyridine rings is 2. The molecule has 1 atom stereocenters. The molecule has 1 N–H and O–H groups in total. The molecule has 1 unspecified atom stereocenters. The Morgan fingerprint density at radius 2 is 2.03 bits per heavy atom. The van der Waals surface area contributed by atoms with E-state index in [4.69, 9.17) is 9.72 Å². The number of hydrogen-bond acceptors (Lipinski definition) is 4. The van der Waals surface area contributed by atoms with Crippen molar-refractivity contribution in [2.24, 2.45) is 0 Å². The highest BCUT2D eigenvalue weighted by Gasteiger charge is 2.28. The summed E-state index contributed by atoms with van der Waals surface area (Å²) in [6, 6.07) is 19.7. The number of imidazole rings is 1. The lowest BCUT2D eigenvalue weighted by Crippen LogP contribution is -2.21. The topological polar surface area (TPSA) is 68.5 Å². The van der Waals surface area contributed by atoms with Crippen molar-refractivity contribution in [3.8, 4) is 5.75 Å². The molecule has 0 aliphatic carbocycles. The van der Waals surface area contributed by atoms with E-state index in [0.717, 1.165) is 34.0 Å². The Bertz CT molecular complexity index is 1170. The van der Waals surface area contributed by atoms with Crippen LogP contribution in [-0.2, 0) is 17.9 Å². The van der Waals surface area contributed by atoms with Crippen molar-refractivity contribution < 1.29 is 9.53 Å². The molecule has 1 aromatic carbocycles. The zero-order valence-corrected chi connectivity index (χ0v) is 15.8. The third kappa shape index (κ3) is 3.45. The van der Waals surface area contributed by atoms with Crippen molar-refractivity contribution in [2.75, 3.05) is 0 Å². The molecule has 1 amide bonds. The van der Waals surface area contributed by atoms with Gasteiger partial charge in [-0.1, -0.05) is 24.3 Å². The molecule has 29 heavy (non-hydrogen) atoms. The second-order valence-corrected chi connectivity index (χ2v) is 7.09. The molecule has 0 spiro atoms. The highest BCUT2D eigenvalue weighted by Crippen LogP contribution is 2.34. The molecule has 6 heteroatoms. The second-order valence-electron chi connectivity index (χ2n) is 7.09. The molecular formula is C23H20N4O2. The first-order valence-electron chi connectivity index (χ1n) is 9.63. The van der Waals surface area contributed by atoms with Crippen LogP contribution in [0.1, 0.15) is 35.0 Å². The Morgan fingerprint density at radius 3 is 2.93 bits per heavy atom. The summed E-state index contributed by atoms with van der Waals surface area (Å²) in [7, 11) is 0. The summed E-state index contributed by atoms with van der Waals surface area (Å²) in [4.78, 5) is 21.4. The predicted octanol–water partition coefficient (Wildman–Crippen LogP) is 3.46. The van der Waals surface area contributed by atoms with E-state index in [9.17, 15) is 4.79 Å². The number of amides is 1. The molecule has 3 aromatic heterocycles. The summed E-state index contributed by atoms with van der Waals surface area (Å²) in [5.74, 6) is 0.689. The third-order valence-corrected chi connectivity index (χ3v) is 5.19. The fourth-order valence-electron chi connectivity index (χ4n) is 3.84. The van der Waals surface area contributed by atoms with Crippen LogP contribution < -0.4 is 10.1 Å². The van der Waals surface area contributed by atoms with Gasteiger partial charge in [0, 0.05) is 24.7 Å². The van der Waals surface area contributed by atoms with Gasteiger partial charge >= 0.3 is 0 Å². The largest absolute Gasteiger partial charge is 0.487 e. The second kappa shape index (κ2) is 7.39. The number of fused-ring (bicyclic) bond motifs is 3. The number of rotatable bonds is 4. The third-order valence-electron chi connectivity index (χ3n) is 5.19. The van der Waals surface area contributed by atoms with Crippen molar-refractivity contribution in [3.05, 3.63) is 95.7 Å². The van der Waals surface area contributed by atoms with Crippen molar-refractivity contribution >= 4 is 11.6 Å². The van der Waals surface area contributed by atoms with Crippen LogP contribution in [-0.4, -0.2) is 20.3 Å². The number of nitrogens with zero attached hydrogens (tertiary/aromatic N) is 3. The van der Waals surface area contributed by atoms with Crippen molar-refractivity contribution in [3.63, 3.8) is 0 Å². The monoisotopic (exact) mass is 384 g/mol. The molecule has 0 saturated heterocycles. The van der Waals surface area contributed by atoms with Crippen LogP contribution in [0.15, 0.2) is 73.1 Å². The molecule has 144 valence electrons. The van der Waals surface area contributed by atoms with Crippen LogP contribution in [0, 0.1) is 0 Å². The van der Waals surface area contributed by atoms with E-state index in [0.29, 0.717) is 19.6 Å². The van der Waals surface area contributed by atoms with Gasteiger partial charge in [0.15, 0.2) is 0 Å². The normalized spacial score (nSPS) is 16.1. The molecule has 0 fully saturated rings. The van der Waals surface area contributed by atoms with E-state index < -0.39 is 0 Å². The van der Waals surface area contributed by atoms with Crippen LogP contribution in [0.4, 0.5) is 0 Å². The predicted molar refractivity (Wildman–Crippen MR) is 109 cm³/mol. The maximum Gasteiger partial charge on any atom is 0.221 e. The minimum Gasteiger partial charge on any atom is -0.487 e. The van der Waals surface area contributed by atoms with E-state index in [-0.39, 0.29) is 11.8 Å². The van der Waals surface area contributed by atoms with E-state index in [1.165, 1.54) is 0 Å². The number of aromatic nitrogens is 3. The van der Waals surface area contributed by atoms with Gasteiger partial charge in [0.25, 0.3) is 0 Å². The SMILES string of the molecule is O=C1CC(c2cccc(OCc3ccccn3)c2)c2c(nc3ccccn23)CN1. The minimum atomic E-state index is -0.0942. The Labute approximate surface area is 168 Å². The van der Waals surface area contributed by atoms with E-state index in [1.54, 1.807) is 6.20 Å². The average Bonchev–Trinajstić information content (AvgIpc) is 3.05. The molecule has 0 radical (unpaired) electrons. The van der Waals surface area contributed by atoms with Crippen LogP contribution in [0.5, 0.6) is 5.75 Å². The molecule has 4 heterocycles. The highest BCUT2D eigenvalue weighted by atomic mass is 16.5. The quantitative estimate of drug-likeness (QED) is 0.585. The summed E-state index contributed by atoms with van der Waals surface area (Å²) in [5, 5.41) is 2.97. The molecule has 6 nitrogen and oxygen atoms in total. The summed E-state index contributed by atoms with van der Waals surface area (Å²) in [6.07, 6.45) is 4.14. The summed E-state index contributed by atoms with van der Waals surface area (Å²) < 4.78 is 8.04. The van der Waals surface area contributed by atoms with E-state index >= 15 is 0 Å². The first kappa shape index (κ1) is 17.4.